The van der Waals surface area contributed by atoms with Gasteiger partial charge in [0.25, 0.3) is 0 Å². The van der Waals surface area contributed by atoms with Gasteiger partial charge in [-0.3, -0.25) is 0 Å². The number of rotatable bonds is 6. The summed E-state index contributed by atoms with van der Waals surface area (Å²) in [7, 11) is 0. The first kappa shape index (κ1) is 14.3. The van der Waals surface area contributed by atoms with Gasteiger partial charge in [0.2, 0.25) is 11.8 Å². The Kier molecular flexibility index (Phi) is 4.90. The van der Waals surface area contributed by atoms with E-state index in [0.717, 1.165) is 5.56 Å². The third kappa shape index (κ3) is 4.20. The second kappa shape index (κ2) is 6.86. The number of hydrogen-bond acceptors (Lipinski definition) is 5. The summed E-state index contributed by atoms with van der Waals surface area (Å²) < 4.78 is 5.49. The van der Waals surface area contributed by atoms with Crippen molar-refractivity contribution in [3.63, 3.8) is 0 Å². The van der Waals surface area contributed by atoms with Gasteiger partial charge in [-0.2, -0.15) is 4.98 Å². The minimum absolute atomic E-state index is 0.0626. The highest BCUT2D eigenvalue weighted by Gasteiger charge is 2.08. The monoisotopic (exact) mass is 273 g/mol. The molecule has 106 valence electrons. The van der Waals surface area contributed by atoms with Crippen LogP contribution in [0.4, 0.5) is 5.95 Å². The molecule has 20 heavy (non-hydrogen) atoms. The zero-order valence-corrected chi connectivity index (χ0v) is 11.7. The molecule has 0 aliphatic rings. The normalized spacial score (nSPS) is 12.2. The fraction of sp³-hybridized carbons (Fsp3) is 0.333. The van der Waals surface area contributed by atoms with Crippen LogP contribution in [0.2, 0.25) is 0 Å². The van der Waals surface area contributed by atoms with Crippen LogP contribution in [-0.4, -0.2) is 27.7 Å². The standard InChI is InChI=1S/C15H19N3O2/c1-11(2)20-14-8-9-16-15(18-14)17-10-13(19)12-6-4-3-5-7-12/h3-9,11,13,19H,10H2,1-2H3,(H,16,17,18). The summed E-state index contributed by atoms with van der Waals surface area (Å²) in [6, 6.07) is 11.2. The maximum atomic E-state index is 10.0. The minimum Gasteiger partial charge on any atom is -0.475 e. The van der Waals surface area contributed by atoms with Crippen molar-refractivity contribution in [3.8, 4) is 5.88 Å². The van der Waals surface area contributed by atoms with E-state index in [9.17, 15) is 5.11 Å². The number of aliphatic hydroxyl groups excluding tert-OH is 1. The van der Waals surface area contributed by atoms with Crippen molar-refractivity contribution in [2.24, 2.45) is 0 Å². The number of aliphatic hydroxyl groups is 1. The number of aromatic nitrogens is 2. The third-order valence-corrected chi connectivity index (χ3v) is 2.62. The quantitative estimate of drug-likeness (QED) is 0.846. The Morgan fingerprint density at radius 1 is 1.20 bits per heavy atom. The lowest BCUT2D eigenvalue weighted by Crippen LogP contribution is -2.14. The maximum absolute atomic E-state index is 10.0. The molecule has 5 nitrogen and oxygen atoms in total. The van der Waals surface area contributed by atoms with Gasteiger partial charge >= 0.3 is 0 Å². The molecule has 2 N–H and O–H groups in total. The van der Waals surface area contributed by atoms with E-state index in [0.29, 0.717) is 18.4 Å². The second-order valence-corrected chi connectivity index (χ2v) is 4.69. The van der Waals surface area contributed by atoms with Gasteiger partial charge in [-0.15, -0.1) is 0 Å². The number of ether oxygens (including phenoxy) is 1. The Hall–Kier alpha value is -2.14. The molecule has 1 heterocycles. The summed E-state index contributed by atoms with van der Waals surface area (Å²) in [5.74, 6) is 0.963. The highest BCUT2D eigenvalue weighted by molar-refractivity contribution is 5.29. The molecule has 0 saturated carbocycles. The average molecular weight is 273 g/mol. The first-order valence-electron chi connectivity index (χ1n) is 6.61. The molecule has 1 atom stereocenters. The van der Waals surface area contributed by atoms with Gasteiger partial charge in [0.1, 0.15) is 0 Å². The van der Waals surface area contributed by atoms with Gasteiger partial charge in [-0.1, -0.05) is 30.3 Å². The molecule has 0 aliphatic heterocycles. The number of anilines is 1. The Balaban J connectivity index is 1.94. The molecule has 2 rings (SSSR count). The molecule has 0 amide bonds. The second-order valence-electron chi connectivity index (χ2n) is 4.69. The molecule has 1 aromatic heterocycles. The van der Waals surface area contributed by atoms with Gasteiger partial charge in [0.05, 0.1) is 12.2 Å². The van der Waals surface area contributed by atoms with Crippen molar-refractivity contribution >= 4 is 5.95 Å². The molecular formula is C15H19N3O2. The van der Waals surface area contributed by atoms with E-state index >= 15 is 0 Å². The zero-order valence-electron chi connectivity index (χ0n) is 11.7. The first-order chi connectivity index (χ1) is 9.65. The van der Waals surface area contributed by atoms with Crippen molar-refractivity contribution in [1.29, 1.82) is 0 Å². The lowest BCUT2D eigenvalue weighted by molar-refractivity contribution is 0.191. The molecule has 1 aromatic carbocycles. The summed E-state index contributed by atoms with van der Waals surface area (Å²) in [5.41, 5.74) is 0.856. The fourth-order valence-corrected chi connectivity index (χ4v) is 1.72. The van der Waals surface area contributed by atoms with E-state index < -0.39 is 6.10 Å². The molecule has 0 saturated heterocycles. The Morgan fingerprint density at radius 2 is 1.95 bits per heavy atom. The van der Waals surface area contributed by atoms with E-state index in [1.54, 1.807) is 12.3 Å². The summed E-state index contributed by atoms with van der Waals surface area (Å²) in [6.07, 6.45) is 1.09. The first-order valence-corrected chi connectivity index (χ1v) is 6.61. The van der Waals surface area contributed by atoms with E-state index in [4.69, 9.17) is 4.74 Å². The van der Waals surface area contributed by atoms with Crippen molar-refractivity contribution < 1.29 is 9.84 Å². The summed E-state index contributed by atoms with van der Waals surface area (Å²) >= 11 is 0. The van der Waals surface area contributed by atoms with Crippen LogP contribution in [0.1, 0.15) is 25.5 Å². The predicted octanol–water partition coefficient (Wildman–Crippen LogP) is 2.41. The maximum Gasteiger partial charge on any atom is 0.226 e. The Morgan fingerprint density at radius 3 is 2.65 bits per heavy atom. The topological polar surface area (TPSA) is 67.3 Å². The molecule has 0 aliphatic carbocycles. The van der Waals surface area contributed by atoms with Gasteiger partial charge in [0.15, 0.2) is 0 Å². The number of benzene rings is 1. The molecule has 2 aromatic rings. The van der Waals surface area contributed by atoms with Crippen molar-refractivity contribution in [1.82, 2.24) is 9.97 Å². The third-order valence-electron chi connectivity index (χ3n) is 2.62. The molecule has 5 heteroatoms. The molecule has 0 radical (unpaired) electrons. The van der Waals surface area contributed by atoms with Gasteiger partial charge in [0, 0.05) is 18.8 Å². The summed E-state index contributed by atoms with van der Waals surface area (Å²) in [6.45, 7) is 4.22. The van der Waals surface area contributed by atoms with E-state index in [-0.39, 0.29) is 6.10 Å². The zero-order chi connectivity index (χ0) is 14.4. The molecule has 0 fully saturated rings. The van der Waals surface area contributed by atoms with Crippen LogP contribution in [0.5, 0.6) is 5.88 Å². The van der Waals surface area contributed by atoms with Crippen molar-refractivity contribution in [3.05, 3.63) is 48.2 Å². The highest BCUT2D eigenvalue weighted by atomic mass is 16.5. The van der Waals surface area contributed by atoms with Crippen LogP contribution >= 0.6 is 0 Å². The molecular weight excluding hydrogens is 254 g/mol. The van der Waals surface area contributed by atoms with Crippen LogP contribution in [-0.2, 0) is 0 Å². The fourth-order valence-electron chi connectivity index (χ4n) is 1.72. The van der Waals surface area contributed by atoms with Crippen LogP contribution < -0.4 is 10.1 Å². The average Bonchev–Trinajstić information content (AvgIpc) is 2.45. The lowest BCUT2D eigenvalue weighted by atomic mass is 10.1. The van der Waals surface area contributed by atoms with Crippen molar-refractivity contribution in [2.75, 3.05) is 11.9 Å². The number of nitrogens with one attached hydrogen (secondary N) is 1. The highest BCUT2D eigenvalue weighted by Crippen LogP contribution is 2.14. The minimum atomic E-state index is -0.602. The van der Waals surface area contributed by atoms with Crippen LogP contribution in [0.25, 0.3) is 0 Å². The smallest absolute Gasteiger partial charge is 0.226 e. The van der Waals surface area contributed by atoms with E-state index in [1.807, 2.05) is 44.2 Å². The Labute approximate surface area is 118 Å². The van der Waals surface area contributed by atoms with Crippen LogP contribution in [0, 0.1) is 0 Å². The predicted molar refractivity (Wildman–Crippen MR) is 77.7 cm³/mol. The van der Waals surface area contributed by atoms with Crippen LogP contribution in [0.3, 0.4) is 0 Å². The Bertz CT molecular complexity index is 532. The van der Waals surface area contributed by atoms with E-state index in [1.165, 1.54) is 0 Å². The van der Waals surface area contributed by atoms with Crippen LogP contribution in [0.15, 0.2) is 42.6 Å². The lowest BCUT2D eigenvalue weighted by Gasteiger charge is -2.13. The number of hydrogen-bond donors (Lipinski definition) is 2. The molecule has 0 spiro atoms. The molecule has 1 unspecified atom stereocenters. The number of nitrogens with zero attached hydrogens (tertiary/aromatic N) is 2. The summed E-state index contributed by atoms with van der Waals surface area (Å²) in [4.78, 5) is 8.32. The van der Waals surface area contributed by atoms with Gasteiger partial charge in [-0.05, 0) is 19.4 Å². The largest absolute Gasteiger partial charge is 0.475 e. The SMILES string of the molecule is CC(C)Oc1ccnc(NCC(O)c2ccccc2)n1. The van der Waals surface area contributed by atoms with E-state index in [2.05, 4.69) is 15.3 Å². The van der Waals surface area contributed by atoms with Crippen molar-refractivity contribution in [2.45, 2.75) is 26.1 Å². The molecule has 0 bridgehead atoms. The van der Waals surface area contributed by atoms with Gasteiger partial charge in [-0.25, -0.2) is 4.98 Å². The summed E-state index contributed by atoms with van der Waals surface area (Å²) in [5, 5.41) is 13.1. The van der Waals surface area contributed by atoms with Gasteiger partial charge < -0.3 is 15.2 Å².